The molecule has 1 aromatic rings. The first-order chi connectivity index (χ1) is 13.7. The highest BCUT2D eigenvalue weighted by Gasteiger charge is 2.32. The number of hydrogen-bond donors (Lipinski definition) is 5. The minimum atomic E-state index is -1.54. The molecule has 0 amide bonds. The molecular formula is C20H23NO8. The molecule has 0 spiro atoms. The summed E-state index contributed by atoms with van der Waals surface area (Å²) in [4.78, 5) is 22.9. The lowest BCUT2D eigenvalue weighted by Gasteiger charge is -2.25. The van der Waals surface area contributed by atoms with Gasteiger partial charge in [0.2, 0.25) is 0 Å². The monoisotopic (exact) mass is 405 g/mol. The van der Waals surface area contributed by atoms with E-state index in [9.17, 15) is 24.9 Å². The zero-order valence-electron chi connectivity index (χ0n) is 15.7. The zero-order chi connectivity index (χ0) is 21.6. The first kappa shape index (κ1) is 22.0. The van der Waals surface area contributed by atoms with E-state index in [0.29, 0.717) is 11.3 Å². The van der Waals surface area contributed by atoms with Crippen LogP contribution >= 0.6 is 0 Å². The van der Waals surface area contributed by atoms with Gasteiger partial charge in [-0.25, -0.2) is 0 Å². The second-order valence-electron chi connectivity index (χ2n) is 6.32. The van der Waals surface area contributed by atoms with Gasteiger partial charge in [-0.05, 0) is 30.3 Å². The number of methoxy groups -OCH3 is 1. The van der Waals surface area contributed by atoms with E-state index in [4.69, 9.17) is 20.3 Å². The predicted octanol–water partition coefficient (Wildman–Crippen LogP) is 1.45. The third-order valence-corrected chi connectivity index (χ3v) is 4.33. The topological polar surface area (TPSA) is 160 Å². The standard InChI is InChI=1S/C20H23NO8/c1-28-12-4-2-11(3-5-12)15(22)7-6-13-16(23)10-17(19(25)18(13)24)29-9-8-14(21)20(26)27/h2-7,10,13-14,18,23-25H,8-9,21H2,1H3,(H,26,27). The van der Waals surface area contributed by atoms with Gasteiger partial charge >= 0.3 is 5.97 Å². The van der Waals surface area contributed by atoms with Crippen LogP contribution in [0.25, 0.3) is 0 Å². The molecule has 1 aliphatic rings. The lowest BCUT2D eigenvalue weighted by molar-refractivity contribution is -0.138. The molecule has 29 heavy (non-hydrogen) atoms. The number of rotatable bonds is 9. The summed E-state index contributed by atoms with van der Waals surface area (Å²) in [6.45, 7) is -0.139. The van der Waals surface area contributed by atoms with Crippen molar-refractivity contribution in [3.05, 3.63) is 65.3 Å². The van der Waals surface area contributed by atoms with Gasteiger partial charge in [-0.3, -0.25) is 9.59 Å². The minimum Gasteiger partial charge on any atom is -0.511 e. The quantitative estimate of drug-likeness (QED) is 0.303. The molecule has 0 radical (unpaired) electrons. The molecule has 9 heteroatoms. The van der Waals surface area contributed by atoms with Gasteiger partial charge in [0, 0.05) is 18.1 Å². The van der Waals surface area contributed by atoms with Crippen LogP contribution in [0.4, 0.5) is 0 Å². The molecule has 2 rings (SSSR count). The summed E-state index contributed by atoms with van der Waals surface area (Å²) >= 11 is 0. The van der Waals surface area contributed by atoms with E-state index < -0.39 is 29.8 Å². The van der Waals surface area contributed by atoms with Crippen LogP contribution in [0.5, 0.6) is 5.75 Å². The molecule has 0 saturated carbocycles. The number of carboxylic acids is 1. The van der Waals surface area contributed by atoms with E-state index in [0.717, 1.165) is 6.08 Å². The SMILES string of the molecule is COc1ccc(C(=O)C=CC2C(O)=CC(OCCC(N)C(=O)O)=C(O)C2O)cc1. The van der Waals surface area contributed by atoms with Gasteiger partial charge in [0.25, 0.3) is 0 Å². The normalized spacial score (nSPS) is 20.3. The van der Waals surface area contributed by atoms with Crippen LogP contribution < -0.4 is 10.5 Å². The van der Waals surface area contributed by atoms with Crippen molar-refractivity contribution in [3.8, 4) is 5.75 Å². The van der Waals surface area contributed by atoms with Crippen molar-refractivity contribution >= 4 is 11.8 Å². The van der Waals surface area contributed by atoms with Crippen LogP contribution in [-0.4, -0.2) is 58.0 Å². The Bertz CT molecular complexity index is 841. The maximum absolute atomic E-state index is 12.2. The van der Waals surface area contributed by atoms with Gasteiger partial charge in [0.1, 0.15) is 23.7 Å². The van der Waals surface area contributed by atoms with Crippen molar-refractivity contribution < 1.29 is 39.5 Å². The summed E-state index contributed by atoms with van der Waals surface area (Å²) < 4.78 is 10.2. The largest absolute Gasteiger partial charge is 0.511 e. The van der Waals surface area contributed by atoms with Crippen LogP contribution in [-0.2, 0) is 9.53 Å². The van der Waals surface area contributed by atoms with Crippen LogP contribution in [0.15, 0.2) is 59.8 Å². The molecule has 9 nitrogen and oxygen atoms in total. The van der Waals surface area contributed by atoms with E-state index in [1.54, 1.807) is 24.3 Å². The number of aliphatic hydroxyl groups excluding tert-OH is 3. The van der Waals surface area contributed by atoms with E-state index >= 15 is 0 Å². The Kier molecular flexibility index (Phi) is 7.40. The number of ether oxygens (including phenoxy) is 2. The number of carbonyl (C=O) groups is 2. The number of nitrogens with two attached hydrogens (primary N) is 1. The van der Waals surface area contributed by atoms with Gasteiger partial charge in [-0.1, -0.05) is 6.08 Å². The van der Waals surface area contributed by atoms with Gasteiger partial charge in [0.05, 0.1) is 19.6 Å². The maximum Gasteiger partial charge on any atom is 0.320 e. The fraction of sp³-hybridized carbons (Fsp3) is 0.300. The van der Waals surface area contributed by atoms with E-state index in [1.807, 2.05) is 0 Å². The number of benzene rings is 1. The fourth-order valence-electron chi connectivity index (χ4n) is 2.56. The van der Waals surface area contributed by atoms with Gasteiger partial charge < -0.3 is 35.6 Å². The average molecular weight is 405 g/mol. The summed E-state index contributed by atoms with van der Waals surface area (Å²) in [5.74, 6) is -3.07. The Hall–Kier alpha value is -3.30. The summed E-state index contributed by atoms with van der Waals surface area (Å²) in [5.41, 5.74) is 5.74. The minimum absolute atomic E-state index is 0.0312. The van der Waals surface area contributed by atoms with Crippen molar-refractivity contribution in [1.82, 2.24) is 0 Å². The lowest BCUT2D eigenvalue weighted by Crippen LogP contribution is -2.32. The Morgan fingerprint density at radius 2 is 1.90 bits per heavy atom. The van der Waals surface area contributed by atoms with Crippen LogP contribution in [0, 0.1) is 5.92 Å². The molecule has 0 aromatic heterocycles. The molecule has 3 unspecified atom stereocenters. The highest BCUT2D eigenvalue weighted by atomic mass is 16.5. The molecule has 156 valence electrons. The molecule has 0 bridgehead atoms. The molecule has 0 aliphatic heterocycles. The van der Waals surface area contributed by atoms with Gasteiger partial charge in [0.15, 0.2) is 17.3 Å². The van der Waals surface area contributed by atoms with Crippen molar-refractivity contribution in [1.29, 1.82) is 0 Å². The summed E-state index contributed by atoms with van der Waals surface area (Å²) in [7, 11) is 1.51. The number of carbonyl (C=O) groups excluding carboxylic acids is 1. The molecule has 6 N–H and O–H groups in total. The van der Waals surface area contributed by atoms with Crippen molar-refractivity contribution in [2.24, 2.45) is 11.7 Å². The first-order valence-electron chi connectivity index (χ1n) is 8.74. The summed E-state index contributed by atoms with van der Waals surface area (Å²) in [6, 6.07) is 5.27. The van der Waals surface area contributed by atoms with Crippen molar-refractivity contribution in [2.45, 2.75) is 18.6 Å². The predicted molar refractivity (Wildman–Crippen MR) is 103 cm³/mol. The third kappa shape index (κ3) is 5.59. The number of hydrogen-bond acceptors (Lipinski definition) is 8. The highest BCUT2D eigenvalue weighted by Crippen LogP contribution is 2.29. The lowest BCUT2D eigenvalue weighted by atomic mass is 9.92. The first-order valence-corrected chi connectivity index (χ1v) is 8.74. The molecular weight excluding hydrogens is 382 g/mol. The van der Waals surface area contributed by atoms with Crippen molar-refractivity contribution in [2.75, 3.05) is 13.7 Å². The number of aliphatic hydroxyl groups is 3. The van der Waals surface area contributed by atoms with Crippen LogP contribution in [0.1, 0.15) is 16.8 Å². The molecule has 3 atom stereocenters. The highest BCUT2D eigenvalue weighted by molar-refractivity contribution is 6.04. The molecule has 0 fully saturated rings. The molecule has 1 aliphatic carbocycles. The smallest absolute Gasteiger partial charge is 0.320 e. The van der Waals surface area contributed by atoms with Crippen LogP contribution in [0.3, 0.4) is 0 Å². The number of carboxylic acid groups (broad SMARTS) is 1. The summed E-state index contributed by atoms with van der Waals surface area (Å²) in [6.07, 6.45) is 1.99. The number of ketones is 1. The second-order valence-corrected chi connectivity index (χ2v) is 6.32. The zero-order valence-corrected chi connectivity index (χ0v) is 15.7. The second kappa shape index (κ2) is 9.76. The third-order valence-electron chi connectivity index (χ3n) is 4.33. The van der Waals surface area contributed by atoms with Crippen LogP contribution in [0.2, 0.25) is 0 Å². The Labute approximate surface area is 167 Å². The Morgan fingerprint density at radius 3 is 2.48 bits per heavy atom. The molecule has 1 aromatic carbocycles. The maximum atomic E-state index is 12.2. The Balaban J connectivity index is 2.03. The van der Waals surface area contributed by atoms with E-state index in [1.165, 1.54) is 19.3 Å². The van der Waals surface area contributed by atoms with E-state index in [2.05, 4.69) is 0 Å². The fourth-order valence-corrected chi connectivity index (χ4v) is 2.56. The number of allylic oxidation sites excluding steroid dienone is 2. The average Bonchev–Trinajstić information content (AvgIpc) is 2.71. The number of aliphatic carboxylic acids is 1. The Morgan fingerprint density at radius 1 is 1.24 bits per heavy atom. The van der Waals surface area contributed by atoms with Crippen molar-refractivity contribution in [3.63, 3.8) is 0 Å². The molecule has 0 heterocycles. The van der Waals surface area contributed by atoms with Gasteiger partial charge in [-0.15, -0.1) is 0 Å². The van der Waals surface area contributed by atoms with E-state index in [-0.39, 0.29) is 30.3 Å². The van der Waals surface area contributed by atoms with Gasteiger partial charge in [-0.2, -0.15) is 0 Å². The molecule has 0 saturated heterocycles. The summed E-state index contributed by atoms with van der Waals surface area (Å²) in [5, 5.41) is 39.2.